The van der Waals surface area contributed by atoms with Gasteiger partial charge in [0.1, 0.15) is 5.82 Å². The number of ether oxygens (including phenoxy) is 2. The number of nitrogens with zero attached hydrogens (tertiary/aromatic N) is 1. The fourth-order valence-electron chi connectivity index (χ4n) is 2.75. The number of hydrogen-bond acceptors (Lipinski definition) is 3. The van der Waals surface area contributed by atoms with E-state index >= 15 is 0 Å². The zero-order valence-electron chi connectivity index (χ0n) is 12.7. The summed E-state index contributed by atoms with van der Waals surface area (Å²) in [5.74, 6) is 0.390. The molecule has 0 fully saturated rings. The molecular formula is C17H15ClFNO3. The van der Waals surface area contributed by atoms with E-state index in [4.69, 9.17) is 21.1 Å². The summed E-state index contributed by atoms with van der Waals surface area (Å²) in [5, 5.41) is 0.304. The van der Waals surface area contributed by atoms with Crippen LogP contribution in [0.2, 0.25) is 5.02 Å². The molecule has 4 nitrogen and oxygen atoms in total. The third-order valence-electron chi connectivity index (χ3n) is 3.87. The third kappa shape index (κ3) is 2.72. The van der Waals surface area contributed by atoms with Crippen LogP contribution in [-0.4, -0.2) is 25.0 Å². The number of amides is 1. The summed E-state index contributed by atoms with van der Waals surface area (Å²) in [6, 6.07) is 7.79. The van der Waals surface area contributed by atoms with Crippen LogP contribution in [0, 0.1) is 5.82 Å². The molecule has 0 N–H and O–H groups in total. The molecule has 23 heavy (non-hydrogen) atoms. The molecule has 1 heterocycles. The molecule has 0 saturated heterocycles. The molecule has 0 aliphatic carbocycles. The number of benzene rings is 2. The zero-order valence-corrected chi connectivity index (χ0v) is 13.5. The van der Waals surface area contributed by atoms with E-state index in [1.54, 1.807) is 17.0 Å². The van der Waals surface area contributed by atoms with Crippen LogP contribution in [0.3, 0.4) is 0 Å². The minimum Gasteiger partial charge on any atom is -0.493 e. The summed E-state index contributed by atoms with van der Waals surface area (Å²) >= 11 is 6.05. The number of carbonyl (C=O) groups is 1. The average molecular weight is 336 g/mol. The normalized spacial score (nSPS) is 13.2. The molecule has 2 aromatic carbocycles. The second-order valence-electron chi connectivity index (χ2n) is 5.23. The molecule has 0 spiro atoms. The highest BCUT2D eigenvalue weighted by molar-refractivity contribution is 6.31. The minimum atomic E-state index is -0.402. The van der Waals surface area contributed by atoms with E-state index in [0.717, 1.165) is 5.56 Å². The largest absolute Gasteiger partial charge is 0.493 e. The lowest BCUT2D eigenvalue weighted by Crippen LogP contribution is -2.23. The maximum atomic E-state index is 13.1. The van der Waals surface area contributed by atoms with Gasteiger partial charge < -0.3 is 14.4 Å². The van der Waals surface area contributed by atoms with Gasteiger partial charge in [-0.3, -0.25) is 4.79 Å². The molecular weight excluding hydrogens is 321 g/mol. The number of fused-ring (bicyclic) bond motifs is 1. The first-order chi connectivity index (χ1) is 11.0. The van der Waals surface area contributed by atoms with Crippen molar-refractivity contribution < 1.29 is 18.7 Å². The highest BCUT2D eigenvalue weighted by Crippen LogP contribution is 2.38. The smallest absolute Gasteiger partial charge is 0.258 e. The maximum Gasteiger partial charge on any atom is 0.258 e. The molecule has 1 aliphatic heterocycles. The van der Waals surface area contributed by atoms with Gasteiger partial charge in [-0.05, 0) is 29.3 Å². The molecule has 0 saturated carbocycles. The fraction of sp³-hybridized carbons (Fsp3) is 0.235. The third-order valence-corrected chi connectivity index (χ3v) is 4.22. The maximum absolute atomic E-state index is 13.1. The van der Waals surface area contributed by atoms with Gasteiger partial charge in [0.2, 0.25) is 0 Å². The van der Waals surface area contributed by atoms with Gasteiger partial charge in [0, 0.05) is 18.1 Å². The molecule has 1 amide bonds. The molecule has 2 aromatic rings. The van der Waals surface area contributed by atoms with Crippen LogP contribution < -0.4 is 9.47 Å². The Morgan fingerprint density at radius 2 is 2.00 bits per heavy atom. The van der Waals surface area contributed by atoms with Crippen LogP contribution in [-0.2, 0) is 13.1 Å². The van der Waals surface area contributed by atoms with E-state index in [-0.39, 0.29) is 5.91 Å². The minimum absolute atomic E-state index is 0.156. The summed E-state index contributed by atoms with van der Waals surface area (Å²) in [6.07, 6.45) is 0. The van der Waals surface area contributed by atoms with Gasteiger partial charge in [-0.15, -0.1) is 0 Å². The summed E-state index contributed by atoms with van der Waals surface area (Å²) < 4.78 is 23.7. The lowest BCUT2D eigenvalue weighted by atomic mass is 10.1. The Morgan fingerprint density at radius 1 is 1.22 bits per heavy atom. The molecule has 0 bridgehead atoms. The number of halogens is 2. The van der Waals surface area contributed by atoms with Crippen LogP contribution in [0.1, 0.15) is 21.5 Å². The van der Waals surface area contributed by atoms with Crippen molar-refractivity contribution in [3.05, 3.63) is 57.9 Å². The van der Waals surface area contributed by atoms with E-state index in [2.05, 4.69) is 0 Å². The van der Waals surface area contributed by atoms with Crippen LogP contribution >= 0.6 is 11.6 Å². The Hall–Kier alpha value is -2.27. The molecule has 120 valence electrons. The van der Waals surface area contributed by atoms with Crippen LogP contribution in [0.15, 0.2) is 30.3 Å². The lowest BCUT2D eigenvalue weighted by Gasteiger charge is -2.16. The average Bonchev–Trinajstić information content (AvgIpc) is 2.85. The van der Waals surface area contributed by atoms with Crippen molar-refractivity contribution in [3.8, 4) is 11.5 Å². The van der Waals surface area contributed by atoms with Gasteiger partial charge in [-0.2, -0.15) is 0 Å². The first-order valence-electron chi connectivity index (χ1n) is 7.02. The van der Waals surface area contributed by atoms with Crippen molar-refractivity contribution in [1.82, 2.24) is 4.90 Å². The molecule has 0 unspecified atom stereocenters. The van der Waals surface area contributed by atoms with Gasteiger partial charge in [-0.25, -0.2) is 4.39 Å². The molecule has 0 radical (unpaired) electrons. The molecule has 0 atom stereocenters. The SMILES string of the molecule is COc1ccc2c(c1OC)C(=O)N(Cc1ccc(F)cc1Cl)C2. The monoisotopic (exact) mass is 335 g/mol. The predicted molar refractivity (Wildman–Crippen MR) is 84.5 cm³/mol. The lowest BCUT2D eigenvalue weighted by molar-refractivity contribution is 0.0764. The van der Waals surface area contributed by atoms with Crippen LogP contribution in [0.25, 0.3) is 0 Å². The van der Waals surface area contributed by atoms with Crippen LogP contribution in [0.4, 0.5) is 4.39 Å². The van der Waals surface area contributed by atoms with E-state index in [1.165, 1.54) is 26.4 Å². The quantitative estimate of drug-likeness (QED) is 0.856. The molecule has 1 aliphatic rings. The van der Waals surface area contributed by atoms with Crippen molar-refractivity contribution in [2.45, 2.75) is 13.1 Å². The summed E-state index contributed by atoms with van der Waals surface area (Å²) in [7, 11) is 3.03. The Bertz CT molecular complexity index is 779. The number of carbonyl (C=O) groups excluding carboxylic acids is 1. The van der Waals surface area contributed by atoms with E-state index in [9.17, 15) is 9.18 Å². The van der Waals surface area contributed by atoms with Gasteiger partial charge in [0.15, 0.2) is 11.5 Å². The first kappa shape index (κ1) is 15.6. The van der Waals surface area contributed by atoms with Crippen molar-refractivity contribution in [2.24, 2.45) is 0 Å². The van der Waals surface area contributed by atoms with Gasteiger partial charge >= 0.3 is 0 Å². The number of methoxy groups -OCH3 is 2. The zero-order chi connectivity index (χ0) is 16.6. The highest BCUT2D eigenvalue weighted by atomic mass is 35.5. The molecule has 6 heteroatoms. The predicted octanol–water partition coefficient (Wildman–Crippen LogP) is 3.65. The summed E-state index contributed by atoms with van der Waals surface area (Å²) in [4.78, 5) is 14.3. The Labute approximate surface area is 138 Å². The summed E-state index contributed by atoms with van der Waals surface area (Å²) in [6.45, 7) is 0.750. The first-order valence-corrected chi connectivity index (χ1v) is 7.40. The second kappa shape index (κ2) is 6.08. The van der Waals surface area contributed by atoms with Crippen LogP contribution in [0.5, 0.6) is 11.5 Å². The van der Waals surface area contributed by atoms with Gasteiger partial charge in [0.25, 0.3) is 5.91 Å². The highest BCUT2D eigenvalue weighted by Gasteiger charge is 2.32. The Morgan fingerprint density at radius 3 is 2.65 bits per heavy atom. The standard InChI is InChI=1S/C17H15ClFNO3/c1-22-14-6-4-11-9-20(17(21)15(11)16(14)23-2)8-10-3-5-12(19)7-13(10)18/h3-7H,8-9H2,1-2H3. The van der Waals surface area contributed by atoms with E-state index in [1.807, 2.05) is 6.07 Å². The van der Waals surface area contributed by atoms with E-state index < -0.39 is 5.82 Å². The number of hydrogen-bond donors (Lipinski definition) is 0. The van der Waals surface area contributed by atoms with Gasteiger partial charge in [-0.1, -0.05) is 23.7 Å². The van der Waals surface area contributed by atoms with Gasteiger partial charge in [0.05, 0.1) is 19.8 Å². The Balaban J connectivity index is 1.92. The van der Waals surface area contributed by atoms with Crippen molar-refractivity contribution in [1.29, 1.82) is 0 Å². The molecule has 3 rings (SSSR count). The summed E-state index contributed by atoms with van der Waals surface area (Å²) in [5.41, 5.74) is 2.07. The molecule has 0 aromatic heterocycles. The van der Waals surface area contributed by atoms with E-state index in [0.29, 0.717) is 40.7 Å². The topological polar surface area (TPSA) is 38.8 Å². The fourth-order valence-corrected chi connectivity index (χ4v) is 2.98. The Kier molecular flexibility index (Phi) is 4.13. The van der Waals surface area contributed by atoms with Crippen molar-refractivity contribution in [3.63, 3.8) is 0 Å². The van der Waals surface area contributed by atoms with Crippen molar-refractivity contribution >= 4 is 17.5 Å². The number of rotatable bonds is 4. The second-order valence-corrected chi connectivity index (χ2v) is 5.64. The van der Waals surface area contributed by atoms with Crippen molar-refractivity contribution in [2.75, 3.05) is 14.2 Å².